The molecular weight excluding hydrogens is 312 g/mol. The summed E-state index contributed by atoms with van der Waals surface area (Å²) in [7, 11) is 0. The molecule has 0 saturated heterocycles. The first-order chi connectivity index (χ1) is 11.3. The standard InChI is InChI=1S/C16H14N4O2S/c1-11(23-15-4-2-3-7-17-15)16-18-9-19-20(16)12-5-6-13-14(8-12)22-10-21-13/h2-9,11H,10H2,1H3/t11-/m0/s1. The Bertz CT molecular complexity index is 822. The fourth-order valence-electron chi connectivity index (χ4n) is 2.39. The zero-order valence-corrected chi connectivity index (χ0v) is 13.2. The van der Waals surface area contributed by atoms with Crippen LogP contribution in [0.3, 0.4) is 0 Å². The summed E-state index contributed by atoms with van der Waals surface area (Å²) >= 11 is 1.65. The lowest BCUT2D eigenvalue weighted by molar-refractivity contribution is 0.174. The van der Waals surface area contributed by atoms with E-state index >= 15 is 0 Å². The second-order valence-electron chi connectivity index (χ2n) is 5.00. The Morgan fingerprint density at radius 3 is 2.91 bits per heavy atom. The topological polar surface area (TPSA) is 62.1 Å². The minimum Gasteiger partial charge on any atom is -0.454 e. The molecule has 3 heterocycles. The van der Waals surface area contributed by atoms with Crippen molar-refractivity contribution in [2.24, 2.45) is 0 Å². The molecule has 116 valence electrons. The largest absolute Gasteiger partial charge is 0.454 e. The van der Waals surface area contributed by atoms with Crippen LogP contribution in [0.25, 0.3) is 5.69 Å². The summed E-state index contributed by atoms with van der Waals surface area (Å²) in [4.78, 5) is 8.76. The van der Waals surface area contributed by atoms with Gasteiger partial charge in [0.15, 0.2) is 11.5 Å². The fraction of sp³-hybridized carbons (Fsp3) is 0.188. The summed E-state index contributed by atoms with van der Waals surface area (Å²) in [5.74, 6) is 2.35. The SMILES string of the molecule is C[C@H](Sc1ccccn1)c1ncnn1-c1ccc2c(c1)OCO2. The smallest absolute Gasteiger partial charge is 0.231 e. The summed E-state index contributed by atoms with van der Waals surface area (Å²) in [5, 5.41) is 5.42. The van der Waals surface area contributed by atoms with Crippen LogP contribution in [0.1, 0.15) is 18.0 Å². The Kier molecular flexibility index (Phi) is 3.63. The monoisotopic (exact) mass is 326 g/mol. The molecule has 0 unspecified atom stereocenters. The van der Waals surface area contributed by atoms with Crippen LogP contribution in [0.4, 0.5) is 0 Å². The molecule has 0 radical (unpaired) electrons. The number of thioether (sulfide) groups is 1. The molecule has 1 aliphatic heterocycles. The second kappa shape index (κ2) is 5.92. The van der Waals surface area contributed by atoms with Gasteiger partial charge in [0.2, 0.25) is 6.79 Å². The first kappa shape index (κ1) is 14.1. The molecule has 0 bridgehead atoms. The van der Waals surface area contributed by atoms with E-state index in [1.165, 1.54) is 0 Å². The number of ether oxygens (including phenoxy) is 2. The molecule has 7 heteroatoms. The van der Waals surface area contributed by atoms with Gasteiger partial charge in [-0.25, -0.2) is 14.6 Å². The highest BCUT2D eigenvalue weighted by molar-refractivity contribution is 7.99. The van der Waals surface area contributed by atoms with E-state index in [4.69, 9.17) is 9.47 Å². The molecule has 1 atom stereocenters. The fourth-order valence-corrected chi connectivity index (χ4v) is 3.30. The molecule has 2 aromatic heterocycles. The molecule has 0 saturated carbocycles. The first-order valence-electron chi connectivity index (χ1n) is 7.19. The molecule has 1 aromatic carbocycles. The van der Waals surface area contributed by atoms with Crippen molar-refractivity contribution in [2.45, 2.75) is 17.2 Å². The maximum Gasteiger partial charge on any atom is 0.231 e. The highest BCUT2D eigenvalue weighted by Crippen LogP contribution is 2.36. The van der Waals surface area contributed by atoms with Gasteiger partial charge in [-0.1, -0.05) is 17.8 Å². The van der Waals surface area contributed by atoms with Gasteiger partial charge in [-0.3, -0.25) is 0 Å². The van der Waals surface area contributed by atoms with Crippen molar-refractivity contribution in [3.8, 4) is 17.2 Å². The van der Waals surface area contributed by atoms with Gasteiger partial charge in [-0.05, 0) is 31.2 Å². The van der Waals surface area contributed by atoms with E-state index in [9.17, 15) is 0 Å². The third kappa shape index (κ3) is 2.75. The molecule has 4 rings (SSSR count). The number of pyridine rings is 1. The summed E-state index contributed by atoms with van der Waals surface area (Å²) in [6.07, 6.45) is 3.35. The minimum absolute atomic E-state index is 0.109. The van der Waals surface area contributed by atoms with Crippen LogP contribution < -0.4 is 9.47 Å². The molecule has 6 nitrogen and oxygen atoms in total. The highest BCUT2D eigenvalue weighted by Gasteiger charge is 2.19. The van der Waals surface area contributed by atoms with Crippen LogP contribution >= 0.6 is 11.8 Å². The predicted octanol–water partition coefficient (Wildman–Crippen LogP) is 3.24. The highest BCUT2D eigenvalue weighted by atomic mass is 32.2. The van der Waals surface area contributed by atoms with Gasteiger partial charge in [0.25, 0.3) is 0 Å². The average Bonchev–Trinajstić information content (AvgIpc) is 3.24. The Hall–Kier alpha value is -2.54. The Morgan fingerprint density at radius 1 is 1.13 bits per heavy atom. The summed E-state index contributed by atoms with van der Waals surface area (Å²) in [6.45, 7) is 2.35. The van der Waals surface area contributed by atoms with Gasteiger partial charge < -0.3 is 9.47 Å². The van der Waals surface area contributed by atoms with Crippen molar-refractivity contribution < 1.29 is 9.47 Å². The molecule has 0 amide bonds. The van der Waals surface area contributed by atoms with Crippen molar-refractivity contribution in [3.05, 3.63) is 54.7 Å². The zero-order chi connectivity index (χ0) is 15.6. The lowest BCUT2D eigenvalue weighted by Crippen LogP contribution is -2.05. The molecular formula is C16H14N4O2S. The minimum atomic E-state index is 0.109. The molecule has 0 fully saturated rings. The number of hydrogen-bond donors (Lipinski definition) is 0. The van der Waals surface area contributed by atoms with E-state index in [2.05, 4.69) is 22.0 Å². The van der Waals surface area contributed by atoms with Crippen molar-refractivity contribution >= 4 is 11.8 Å². The second-order valence-corrected chi connectivity index (χ2v) is 6.36. The van der Waals surface area contributed by atoms with Crippen molar-refractivity contribution in [1.29, 1.82) is 0 Å². The van der Waals surface area contributed by atoms with Crippen molar-refractivity contribution in [3.63, 3.8) is 0 Å². The summed E-state index contributed by atoms with van der Waals surface area (Å²) in [5.41, 5.74) is 0.898. The van der Waals surface area contributed by atoms with E-state index in [1.807, 2.05) is 41.1 Å². The predicted molar refractivity (Wildman–Crippen MR) is 86.0 cm³/mol. The Labute approximate surface area is 137 Å². The van der Waals surface area contributed by atoms with Crippen LogP contribution in [0.5, 0.6) is 11.5 Å². The molecule has 1 aliphatic rings. The normalized spacial score (nSPS) is 14.0. The number of rotatable bonds is 4. The Balaban J connectivity index is 1.63. The maximum atomic E-state index is 5.43. The number of benzene rings is 1. The third-order valence-electron chi connectivity index (χ3n) is 3.47. The van der Waals surface area contributed by atoms with Gasteiger partial charge in [0.1, 0.15) is 12.2 Å². The number of nitrogens with zero attached hydrogens (tertiary/aromatic N) is 4. The van der Waals surface area contributed by atoms with Crippen LogP contribution in [0.2, 0.25) is 0 Å². The number of aromatic nitrogens is 4. The summed E-state index contributed by atoms with van der Waals surface area (Å²) < 4.78 is 12.6. The Morgan fingerprint density at radius 2 is 2.04 bits per heavy atom. The van der Waals surface area contributed by atoms with E-state index in [0.29, 0.717) is 0 Å². The van der Waals surface area contributed by atoms with E-state index in [-0.39, 0.29) is 12.0 Å². The van der Waals surface area contributed by atoms with Gasteiger partial charge in [-0.15, -0.1) is 0 Å². The van der Waals surface area contributed by atoms with Gasteiger partial charge in [0.05, 0.1) is 16.0 Å². The summed E-state index contributed by atoms with van der Waals surface area (Å²) in [6, 6.07) is 11.6. The molecule has 0 spiro atoms. The number of hydrogen-bond acceptors (Lipinski definition) is 6. The number of fused-ring (bicyclic) bond motifs is 1. The van der Waals surface area contributed by atoms with E-state index in [1.54, 1.807) is 24.3 Å². The van der Waals surface area contributed by atoms with Gasteiger partial charge >= 0.3 is 0 Å². The zero-order valence-electron chi connectivity index (χ0n) is 12.4. The molecule has 3 aromatic rings. The van der Waals surface area contributed by atoms with Gasteiger partial charge in [-0.2, -0.15) is 5.10 Å². The van der Waals surface area contributed by atoms with Crippen LogP contribution in [-0.4, -0.2) is 26.5 Å². The van der Waals surface area contributed by atoms with Gasteiger partial charge in [0, 0.05) is 12.3 Å². The van der Waals surface area contributed by atoms with Crippen molar-refractivity contribution in [1.82, 2.24) is 19.7 Å². The van der Waals surface area contributed by atoms with Crippen molar-refractivity contribution in [2.75, 3.05) is 6.79 Å². The van der Waals surface area contributed by atoms with Crippen LogP contribution in [-0.2, 0) is 0 Å². The first-order valence-corrected chi connectivity index (χ1v) is 8.07. The van der Waals surface area contributed by atoms with E-state index < -0.39 is 0 Å². The molecule has 0 N–H and O–H groups in total. The van der Waals surface area contributed by atoms with Crippen LogP contribution in [0, 0.1) is 0 Å². The quantitative estimate of drug-likeness (QED) is 0.686. The maximum absolute atomic E-state index is 5.43. The van der Waals surface area contributed by atoms with Crippen LogP contribution in [0.15, 0.2) is 53.9 Å². The average molecular weight is 326 g/mol. The third-order valence-corrected chi connectivity index (χ3v) is 4.52. The molecule has 0 aliphatic carbocycles. The lowest BCUT2D eigenvalue weighted by atomic mass is 10.2. The lowest BCUT2D eigenvalue weighted by Gasteiger charge is -2.12. The molecule has 23 heavy (non-hydrogen) atoms. The van der Waals surface area contributed by atoms with E-state index in [0.717, 1.165) is 28.0 Å².